The first kappa shape index (κ1) is 23.8. The van der Waals surface area contributed by atoms with Crippen LogP contribution in [0.3, 0.4) is 0 Å². The van der Waals surface area contributed by atoms with Gasteiger partial charge < -0.3 is 20.1 Å². The number of methoxy groups -OCH3 is 1. The van der Waals surface area contributed by atoms with Crippen LogP contribution in [-0.4, -0.2) is 50.3 Å². The van der Waals surface area contributed by atoms with Crippen molar-refractivity contribution in [3.05, 3.63) is 29.2 Å². The lowest BCUT2D eigenvalue weighted by Crippen LogP contribution is -2.68. The van der Waals surface area contributed by atoms with E-state index in [1.54, 1.807) is 24.9 Å². The summed E-state index contributed by atoms with van der Waals surface area (Å²) in [4.78, 5) is 25.4. The predicted molar refractivity (Wildman–Crippen MR) is 129 cm³/mol. The number of carbonyl (C=O) groups is 2. The molecule has 0 aromatic carbocycles. The molecule has 0 radical (unpaired) electrons. The van der Waals surface area contributed by atoms with E-state index in [1.165, 1.54) is 0 Å². The van der Waals surface area contributed by atoms with Gasteiger partial charge in [-0.15, -0.1) is 0 Å². The topological polar surface area (TPSA) is 112 Å². The fourth-order valence-corrected chi connectivity index (χ4v) is 5.68. The van der Waals surface area contributed by atoms with E-state index in [2.05, 4.69) is 36.5 Å². The van der Waals surface area contributed by atoms with Crippen LogP contribution in [0.1, 0.15) is 87.1 Å². The first-order valence-corrected chi connectivity index (χ1v) is 12.5. The molecular weight excluding hydrogens is 448 g/mol. The van der Waals surface area contributed by atoms with Crippen molar-refractivity contribution in [2.75, 3.05) is 12.4 Å². The van der Waals surface area contributed by atoms with Gasteiger partial charge >= 0.3 is 6.09 Å². The Hall–Kier alpha value is -2.88. The predicted octanol–water partition coefficient (Wildman–Crippen LogP) is 3.69. The van der Waals surface area contributed by atoms with E-state index >= 15 is 0 Å². The van der Waals surface area contributed by atoms with Gasteiger partial charge in [-0.25, -0.2) is 9.48 Å². The number of aromatic nitrogens is 4. The molecule has 190 valence electrons. The molecule has 2 atom stereocenters. The van der Waals surface area contributed by atoms with E-state index in [4.69, 9.17) is 14.6 Å². The molecule has 2 N–H and O–H groups in total. The van der Waals surface area contributed by atoms with E-state index < -0.39 is 0 Å². The molecule has 4 saturated carbocycles. The minimum atomic E-state index is -0.328. The number of alkyl carbamates (subject to hydrolysis) is 1. The zero-order chi connectivity index (χ0) is 25.0. The van der Waals surface area contributed by atoms with Gasteiger partial charge in [-0.3, -0.25) is 9.48 Å². The highest BCUT2D eigenvalue weighted by atomic mass is 16.6. The minimum Gasteiger partial charge on any atom is -0.446 e. The maximum Gasteiger partial charge on any atom is 0.407 e. The van der Waals surface area contributed by atoms with Gasteiger partial charge in [0.05, 0.1) is 23.5 Å². The number of aryl methyl sites for hydroxylation is 1. The van der Waals surface area contributed by atoms with Crippen molar-refractivity contribution < 1.29 is 19.1 Å². The number of hydrogen-bond acceptors (Lipinski definition) is 6. The average Bonchev–Trinajstić information content (AvgIpc) is 3.42. The Morgan fingerprint density at radius 2 is 1.91 bits per heavy atom. The van der Waals surface area contributed by atoms with Gasteiger partial charge in [-0.1, -0.05) is 0 Å². The van der Waals surface area contributed by atoms with E-state index in [-0.39, 0.29) is 35.1 Å². The van der Waals surface area contributed by atoms with Crippen LogP contribution in [0, 0.1) is 5.92 Å². The van der Waals surface area contributed by atoms with Crippen LogP contribution in [0.5, 0.6) is 0 Å². The molecular formula is C25H36N6O4. The molecule has 6 rings (SSSR count). The molecule has 2 bridgehead atoms. The Bertz CT molecular complexity index is 1110. The van der Waals surface area contributed by atoms with Gasteiger partial charge in [-0.2, -0.15) is 10.2 Å². The summed E-state index contributed by atoms with van der Waals surface area (Å²) in [7, 11) is 3.34. The summed E-state index contributed by atoms with van der Waals surface area (Å²) in [6.07, 6.45) is 5.34. The number of anilines is 1. The number of amides is 2. The third-order valence-corrected chi connectivity index (χ3v) is 7.54. The molecule has 0 spiro atoms. The van der Waals surface area contributed by atoms with Crippen molar-refractivity contribution in [2.24, 2.45) is 13.0 Å². The maximum absolute atomic E-state index is 13.1. The summed E-state index contributed by atoms with van der Waals surface area (Å²) in [5.41, 5.74) is 1.75. The molecule has 10 heteroatoms. The van der Waals surface area contributed by atoms with Crippen LogP contribution in [-0.2, 0) is 28.7 Å². The Morgan fingerprint density at radius 3 is 2.54 bits per heavy atom. The zero-order valence-corrected chi connectivity index (χ0v) is 21.3. The fourth-order valence-electron chi connectivity index (χ4n) is 5.68. The van der Waals surface area contributed by atoms with Crippen LogP contribution in [0.4, 0.5) is 10.6 Å². The summed E-state index contributed by atoms with van der Waals surface area (Å²) in [6.45, 7) is 6.50. The number of carbonyl (C=O) groups excluding carboxylic acids is 2. The van der Waals surface area contributed by atoms with Crippen LogP contribution >= 0.6 is 0 Å². The highest BCUT2D eigenvalue weighted by Crippen LogP contribution is 2.57. The molecule has 0 aliphatic heterocycles. The second-order valence-corrected chi connectivity index (χ2v) is 11.5. The van der Waals surface area contributed by atoms with Crippen molar-refractivity contribution in [1.82, 2.24) is 24.9 Å². The highest BCUT2D eigenvalue weighted by Gasteiger charge is 2.57. The van der Waals surface area contributed by atoms with E-state index in [1.807, 2.05) is 10.7 Å². The number of hydrogen-bond donors (Lipinski definition) is 2. The molecule has 2 aromatic rings. The van der Waals surface area contributed by atoms with Crippen molar-refractivity contribution in [3.8, 4) is 0 Å². The Morgan fingerprint density at radius 1 is 1.17 bits per heavy atom. The summed E-state index contributed by atoms with van der Waals surface area (Å²) in [5, 5.41) is 15.3. The smallest absolute Gasteiger partial charge is 0.407 e. The minimum absolute atomic E-state index is 0.0243. The van der Waals surface area contributed by atoms with E-state index in [0.717, 1.165) is 50.1 Å². The highest BCUT2D eigenvalue weighted by molar-refractivity contribution is 6.02. The molecule has 35 heavy (non-hydrogen) atoms. The average molecular weight is 485 g/mol. The third kappa shape index (κ3) is 4.68. The van der Waals surface area contributed by atoms with Crippen molar-refractivity contribution in [1.29, 1.82) is 0 Å². The summed E-state index contributed by atoms with van der Waals surface area (Å²) < 4.78 is 14.3. The van der Waals surface area contributed by atoms with Gasteiger partial charge in [-0.05, 0) is 71.3 Å². The van der Waals surface area contributed by atoms with Crippen LogP contribution < -0.4 is 10.6 Å². The lowest BCUT2D eigenvalue weighted by Gasteiger charge is -2.61. The van der Waals surface area contributed by atoms with Crippen molar-refractivity contribution in [3.63, 3.8) is 0 Å². The summed E-state index contributed by atoms with van der Waals surface area (Å²) >= 11 is 0. The Kier molecular flexibility index (Phi) is 5.89. The summed E-state index contributed by atoms with van der Waals surface area (Å²) in [6, 6.07) is 3.68. The zero-order valence-electron chi connectivity index (χ0n) is 21.3. The third-order valence-electron chi connectivity index (χ3n) is 7.54. The first-order valence-electron chi connectivity index (χ1n) is 12.5. The molecule has 0 saturated heterocycles. The molecule has 2 amide bonds. The quantitative estimate of drug-likeness (QED) is 0.620. The van der Waals surface area contributed by atoms with E-state index in [0.29, 0.717) is 23.8 Å². The lowest BCUT2D eigenvalue weighted by molar-refractivity contribution is -0.0506. The molecule has 2 heterocycles. The molecule has 2 aromatic heterocycles. The van der Waals surface area contributed by atoms with Gasteiger partial charge in [0.1, 0.15) is 17.6 Å². The van der Waals surface area contributed by atoms with Crippen molar-refractivity contribution in [2.45, 2.75) is 89.0 Å². The van der Waals surface area contributed by atoms with E-state index in [9.17, 15) is 9.59 Å². The molecule has 4 aliphatic rings. The van der Waals surface area contributed by atoms with Crippen molar-refractivity contribution >= 4 is 17.8 Å². The van der Waals surface area contributed by atoms with Crippen LogP contribution in [0.2, 0.25) is 0 Å². The molecule has 4 fully saturated rings. The molecule has 0 unspecified atom stereocenters. The molecule has 4 aliphatic carbocycles. The van der Waals surface area contributed by atoms with Gasteiger partial charge in [0.2, 0.25) is 0 Å². The largest absolute Gasteiger partial charge is 0.446 e. The summed E-state index contributed by atoms with van der Waals surface area (Å²) in [5.74, 6) is 1.37. The monoisotopic (exact) mass is 484 g/mol. The SMILES string of the molecule is COCc1cc(C(=O)Nc2cc([C@H]3CC[C@@H](OC(=O)NC45CC(C4)C5)C3)nn2C(C)(C)C)n(C)n1. The second kappa shape index (κ2) is 8.65. The number of nitrogens with zero attached hydrogens (tertiary/aromatic N) is 4. The first-order chi connectivity index (χ1) is 16.5. The normalized spacial score (nSPS) is 27.2. The van der Waals surface area contributed by atoms with Gasteiger partial charge in [0, 0.05) is 31.7 Å². The number of rotatable bonds is 7. The van der Waals surface area contributed by atoms with Gasteiger partial charge in [0.25, 0.3) is 5.91 Å². The Labute approximate surface area is 205 Å². The fraction of sp³-hybridized carbons (Fsp3) is 0.680. The standard InChI is InChI=1S/C25H36N6O4/c1-24(2,3)31-21(26-22(32)20-9-17(14-34-5)28-30(20)4)10-19(29-31)16-6-7-18(8-16)35-23(33)27-25-11-15(12-25)13-25/h9-10,15-16,18H,6-8,11-14H2,1-5H3,(H,26,32)(H,27,33)/t15?,16-,18+,25?/m0/s1. The Balaban J connectivity index is 1.26. The lowest BCUT2D eigenvalue weighted by atomic mass is 9.50. The molecule has 10 nitrogen and oxygen atoms in total. The second-order valence-electron chi connectivity index (χ2n) is 11.5. The number of ether oxygens (including phenoxy) is 2. The maximum atomic E-state index is 13.1. The number of nitrogens with one attached hydrogen (secondary N) is 2. The van der Waals surface area contributed by atoms with Crippen LogP contribution in [0.25, 0.3) is 0 Å². The van der Waals surface area contributed by atoms with Crippen LogP contribution in [0.15, 0.2) is 12.1 Å². The van der Waals surface area contributed by atoms with Gasteiger partial charge in [0.15, 0.2) is 0 Å².